The van der Waals surface area contributed by atoms with Crippen molar-refractivity contribution in [2.24, 2.45) is 0 Å². The van der Waals surface area contributed by atoms with Gasteiger partial charge < -0.3 is 4.74 Å². The van der Waals surface area contributed by atoms with Gasteiger partial charge in [-0.05, 0) is 5.56 Å². The molecule has 0 radical (unpaired) electrons. The van der Waals surface area contributed by atoms with Gasteiger partial charge in [-0.25, -0.2) is 13.1 Å². The molecule has 1 atom stereocenters. The van der Waals surface area contributed by atoms with Gasteiger partial charge in [0.1, 0.15) is 0 Å². The number of rotatable bonds is 5. The van der Waals surface area contributed by atoms with Gasteiger partial charge in [0.25, 0.3) is 0 Å². The van der Waals surface area contributed by atoms with Crippen molar-refractivity contribution in [1.82, 2.24) is 4.72 Å². The Morgan fingerprint density at radius 2 is 2.00 bits per heavy atom. The lowest BCUT2D eigenvalue weighted by molar-refractivity contribution is 0.406. The van der Waals surface area contributed by atoms with E-state index in [0.717, 1.165) is 5.56 Å². The Kier molecular flexibility index (Phi) is 3.04. The molecule has 1 aliphatic rings. The monoisotopic (exact) mass is 227 g/mol. The van der Waals surface area contributed by atoms with Crippen LogP contribution in [0.2, 0.25) is 0 Å². The van der Waals surface area contributed by atoms with Crippen molar-refractivity contribution in [3.63, 3.8) is 0 Å². The van der Waals surface area contributed by atoms with Gasteiger partial charge in [-0.2, -0.15) is 0 Å². The molecule has 1 N–H and O–H groups in total. The SMILES string of the molecule is O=S(=O)(Cc1ccccc1)NC[C@H]1CO1. The summed E-state index contributed by atoms with van der Waals surface area (Å²) in [5, 5.41) is 0. The van der Waals surface area contributed by atoms with E-state index in [2.05, 4.69) is 4.72 Å². The fourth-order valence-corrected chi connectivity index (χ4v) is 2.42. The first kappa shape index (κ1) is 10.6. The summed E-state index contributed by atoms with van der Waals surface area (Å²) < 4.78 is 30.6. The van der Waals surface area contributed by atoms with Gasteiger partial charge in [-0.3, -0.25) is 0 Å². The molecule has 1 fully saturated rings. The van der Waals surface area contributed by atoms with Crippen LogP contribution >= 0.6 is 0 Å². The van der Waals surface area contributed by atoms with Gasteiger partial charge in [0, 0.05) is 6.54 Å². The van der Waals surface area contributed by atoms with Crippen LogP contribution in [0.3, 0.4) is 0 Å². The summed E-state index contributed by atoms with van der Waals surface area (Å²) in [6.07, 6.45) is 0.0792. The van der Waals surface area contributed by atoms with Gasteiger partial charge >= 0.3 is 0 Å². The minimum Gasteiger partial charge on any atom is -0.372 e. The summed E-state index contributed by atoms with van der Waals surface area (Å²) in [6, 6.07) is 9.12. The van der Waals surface area contributed by atoms with E-state index in [0.29, 0.717) is 13.2 Å². The zero-order chi connectivity index (χ0) is 10.7. The minimum absolute atomic E-state index is 0.0283. The summed E-state index contributed by atoms with van der Waals surface area (Å²) in [4.78, 5) is 0. The van der Waals surface area contributed by atoms with Gasteiger partial charge in [0.05, 0.1) is 18.5 Å². The number of hydrogen-bond acceptors (Lipinski definition) is 3. The van der Waals surface area contributed by atoms with Crippen LogP contribution < -0.4 is 4.72 Å². The second-order valence-electron chi connectivity index (χ2n) is 3.55. The lowest BCUT2D eigenvalue weighted by Gasteiger charge is -2.04. The Balaban J connectivity index is 1.91. The van der Waals surface area contributed by atoms with Crippen molar-refractivity contribution < 1.29 is 13.2 Å². The molecule has 0 aliphatic carbocycles. The summed E-state index contributed by atoms with van der Waals surface area (Å²) in [6.45, 7) is 1.04. The molecule has 0 amide bonds. The lowest BCUT2D eigenvalue weighted by Crippen LogP contribution is -2.28. The molecule has 1 aromatic rings. The Hall–Kier alpha value is -0.910. The van der Waals surface area contributed by atoms with E-state index in [9.17, 15) is 8.42 Å². The van der Waals surface area contributed by atoms with Crippen LogP contribution in [0.25, 0.3) is 0 Å². The molecular formula is C10H13NO3S. The lowest BCUT2D eigenvalue weighted by atomic mass is 10.2. The van der Waals surface area contributed by atoms with Gasteiger partial charge in [0.15, 0.2) is 0 Å². The summed E-state index contributed by atoms with van der Waals surface area (Å²) in [7, 11) is -3.22. The molecule has 1 aromatic carbocycles. The highest BCUT2D eigenvalue weighted by atomic mass is 32.2. The van der Waals surface area contributed by atoms with Crippen LogP contribution in [0.4, 0.5) is 0 Å². The molecule has 0 bridgehead atoms. The van der Waals surface area contributed by atoms with Gasteiger partial charge in [-0.1, -0.05) is 30.3 Å². The first-order valence-electron chi connectivity index (χ1n) is 4.78. The minimum atomic E-state index is -3.22. The third kappa shape index (κ3) is 3.62. The summed E-state index contributed by atoms with van der Waals surface area (Å²) >= 11 is 0. The van der Waals surface area contributed by atoms with Gasteiger partial charge in [0.2, 0.25) is 10.0 Å². The molecule has 1 aliphatic heterocycles. The van der Waals surface area contributed by atoms with Crippen molar-refractivity contribution in [1.29, 1.82) is 0 Å². The maximum absolute atomic E-state index is 11.6. The number of ether oxygens (including phenoxy) is 1. The highest BCUT2D eigenvalue weighted by Crippen LogP contribution is 2.08. The molecule has 2 rings (SSSR count). The topological polar surface area (TPSA) is 58.7 Å². The molecule has 5 heteroatoms. The third-order valence-electron chi connectivity index (χ3n) is 2.13. The predicted molar refractivity (Wildman–Crippen MR) is 56.8 cm³/mol. The van der Waals surface area contributed by atoms with E-state index >= 15 is 0 Å². The van der Waals surface area contributed by atoms with Crippen LogP contribution in [-0.2, 0) is 20.5 Å². The van der Waals surface area contributed by atoms with E-state index in [4.69, 9.17) is 4.74 Å². The average Bonchev–Trinajstić information content (AvgIpc) is 2.99. The van der Waals surface area contributed by atoms with Crippen molar-refractivity contribution in [3.05, 3.63) is 35.9 Å². The van der Waals surface area contributed by atoms with Crippen LogP contribution in [-0.4, -0.2) is 27.7 Å². The van der Waals surface area contributed by atoms with Crippen LogP contribution in [0.1, 0.15) is 5.56 Å². The molecule has 4 nitrogen and oxygen atoms in total. The Morgan fingerprint density at radius 1 is 1.33 bits per heavy atom. The molecular weight excluding hydrogens is 214 g/mol. The largest absolute Gasteiger partial charge is 0.372 e. The van der Waals surface area contributed by atoms with E-state index in [1.807, 2.05) is 18.2 Å². The number of sulfonamides is 1. The Morgan fingerprint density at radius 3 is 2.60 bits per heavy atom. The molecule has 82 valence electrons. The van der Waals surface area contributed by atoms with Crippen molar-refractivity contribution in [3.8, 4) is 0 Å². The molecule has 15 heavy (non-hydrogen) atoms. The van der Waals surface area contributed by atoms with Crippen molar-refractivity contribution >= 4 is 10.0 Å². The average molecular weight is 227 g/mol. The third-order valence-corrected chi connectivity index (χ3v) is 3.45. The maximum Gasteiger partial charge on any atom is 0.215 e. The maximum atomic E-state index is 11.6. The highest BCUT2D eigenvalue weighted by molar-refractivity contribution is 7.88. The zero-order valence-corrected chi connectivity index (χ0v) is 9.03. The number of nitrogens with one attached hydrogen (secondary N) is 1. The second-order valence-corrected chi connectivity index (χ2v) is 5.36. The molecule has 0 saturated carbocycles. The van der Waals surface area contributed by atoms with Crippen molar-refractivity contribution in [2.75, 3.05) is 13.2 Å². The summed E-state index contributed by atoms with van der Waals surface area (Å²) in [5.41, 5.74) is 0.793. The van der Waals surface area contributed by atoms with E-state index < -0.39 is 10.0 Å². The fourth-order valence-electron chi connectivity index (χ4n) is 1.25. The molecule has 1 heterocycles. The zero-order valence-electron chi connectivity index (χ0n) is 8.22. The smallest absolute Gasteiger partial charge is 0.215 e. The molecule has 0 aromatic heterocycles. The van der Waals surface area contributed by atoms with Crippen LogP contribution in [0.15, 0.2) is 30.3 Å². The van der Waals surface area contributed by atoms with Gasteiger partial charge in [-0.15, -0.1) is 0 Å². The number of benzene rings is 1. The van der Waals surface area contributed by atoms with Crippen LogP contribution in [0.5, 0.6) is 0 Å². The van der Waals surface area contributed by atoms with Crippen molar-refractivity contribution in [2.45, 2.75) is 11.9 Å². The van der Waals surface area contributed by atoms with E-state index in [1.165, 1.54) is 0 Å². The first-order chi connectivity index (χ1) is 7.16. The highest BCUT2D eigenvalue weighted by Gasteiger charge is 2.24. The first-order valence-corrected chi connectivity index (χ1v) is 6.44. The predicted octanol–water partition coefficient (Wildman–Crippen LogP) is 0.505. The standard InChI is InChI=1S/C10H13NO3S/c12-15(13,11-6-10-7-14-10)8-9-4-2-1-3-5-9/h1-5,10-11H,6-8H2/t10-/m0/s1. The van der Waals surface area contributed by atoms with Crippen LogP contribution in [0, 0.1) is 0 Å². The molecule has 0 unspecified atom stereocenters. The second kappa shape index (κ2) is 4.30. The quantitative estimate of drug-likeness (QED) is 0.745. The fraction of sp³-hybridized carbons (Fsp3) is 0.400. The number of hydrogen-bond donors (Lipinski definition) is 1. The Labute approximate surface area is 89.3 Å². The molecule has 1 saturated heterocycles. The normalized spacial score (nSPS) is 20.1. The van der Waals surface area contributed by atoms with E-state index in [-0.39, 0.29) is 11.9 Å². The summed E-state index contributed by atoms with van der Waals surface area (Å²) in [5.74, 6) is 0.0283. The molecule has 0 spiro atoms. The Bertz CT molecular complexity index is 412. The van der Waals surface area contributed by atoms with E-state index in [1.54, 1.807) is 12.1 Å². The number of epoxide rings is 1.